The molecular formula is C12H23BO8S. The van der Waals surface area contributed by atoms with Gasteiger partial charge in [0.15, 0.2) is 5.44 Å². The van der Waals surface area contributed by atoms with Crippen molar-refractivity contribution >= 4 is 19.9 Å². The second kappa shape index (κ2) is 9.41. The van der Waals surface area contributed by atoms with Crippen molar-refractivity contribution in [2.45, 2.75) is 61.2 Å². The lowest BCUT2D eigenvalue weighted by Crippen LogP contribution is -2.48. The van der Waals surface area contributed by atoms with Crippen molar-refractivity contribution in [1.29, 1.82) is 0 Å². The predicted molar refractivity (Wildman–Crippen MR) is 79.1 cm³/mol. The molecule has 0 spiro atoms. The molecule has 2 radical (unpaired) electrons. The highest BCUT2D eigenvalue weighted by molar-refractivity contribution is 7.95. The first-order chi connectivity index (χ1) is 10.3. The lowest BCUT2D eigenvalue weighted by Gasteiger charge is -2.36. The monoisotopic (exact) mass is 338 g/mol. The summed E-state index contributed by atoms with van der Waals surface area (Å²) in [6, 6.07) is 0. The zero-order chi connectivity index (χ0) is 16.9. The normalized spacial score (nSPS) is 34.9. The molecule has 10 heteroatoms. The Kier molecular flexibility index (Phi) is 8.61. The highest BCUT2D eigenvalue weighted by atomic mass is 32.2. The van der Waals surface area contributed by atoms with Gasteiger partial charge in [0.2, 0.25) is 0 Å². The summed E-state index contributed by atoms with van der Waals surface area (Å²) in [4.78, 5) is 0. The minimum Gasteiger partial charge on any atom is -0.394 e. The molecule has 0 aromatic carbocycles. The zero-order valence-electron chi connectivity index (χ0n) is 12.2. The first-order valence-corrected chi connectivity index (χ1v) is 7.79. The van der Waals surface area contributed by atoms with E-state index in [0.29, 0.717) is 12.0 Å². The van der Waals surface area contributed by atoms with Crippen LogP contribution in [0.5, 0.6) is 0 Å². The van der Waals surface area contributed by atoms with Gasteiger partial charge in [-0.1, -0.05) is 0 Å². The molecule has 0 bridgehead atoms. The van der Waals surface area contributed by atoms with E-state index in [1.54, 1.807) is 0 Å². The molecule has 0 saturated carbocycles. The van der Waals surface area contributed by atoms with E-state index < -0.39 is 61.1 Å². The Morgan fingerprint density at radius 1 is 1.27 bits per heavy atom. The van der Waals surface area contributed by atoms with Crippen molar-refractivity contribution in [2.24, 2.45) is 0 Å². The first-order valence-electron chi connectivity index (χ1n) is 6.99. The van der Waals surface area contributed by atoms with Gasteiger partial charge in [-0.3, -0.25) is 0 Å². The maximum atomic E-state index is 9.92. The molecule has 8 unspecified atom stereocenters. The van der Waals surface area contributed by atoms with Gasteiger partial charge in [-0.2, -0.15) is 0 Å². The van der Waals surface area contributed by atoms with E-state index in [4.69, 9.17) is 21.9 Å². The number of ether oxygens (including phenoxy) is 1. The fraction of sp³-hybridized carbons (Fsp3) is 1.00. The number of aliphatic hydroxyl groups is 6. The Bertz CT molecular complexity index is 322. The summed E-state index contributed by atoms with van der Waals surface area (Å²) in [6.07, 6.45) is -6.28. The molecular weight excluding hydrogens is 315 g/mol. The van der Waals surface area contributed by atoms with E-state index in [1.165, 1.54) is 6.92 Å². The number of aliphatic hydroxyl groups excluding tert-OH is 6. The van der Waals surface area contributed by atoms with E-state index in [1.807, 2.05) is 0 Å². The van der Waals surface area contributed by atoms with Crippen LogP contribution < -0.4 is 0 Å². The van der Waals surface area contributed by atoms with E-state index in [9.17, 15) is 25.5 Å². The van der Waals surface area contributed by atoms with Crippen molar-refractivity contribution < 1.29 is 39.6 Å². The average molecular weight is 338 g/mol. The summed E-state index contributed by atoms with van der Waals surface area (Å²) in [5.74, 6) is -1.01. The standard InChI is InChI=1S/C12H23BO8S/c1-5(16)10(13)11(19)9(4-15)21-22-12-7(18)2-6(17)8(3-14)20-12/h5-12,14-19H,2-4H2,1H3. The Morgan fingerprint density at radius 3 is 2.41 bits per heavy atom. The molecule has 6 N–H and O–H groups in total. The van der Waals surface area contributed by atoms with E-state index in [-0.39, 0.29) is 6.42 Å². The summed E-state index contributed by atoms with van der Waals surface area (Å²) < 4.78 is 10.5. The van der Waals surface area contributed by atoms with Crippen LogP contribution >= 0.6 is 12.0 Å². The Morgan fingerprint density at radius 2 is 1.91 bits per heavy atom. The fourth-order valence-corrected chi connectivity index (χ4v) is 2.82. The molecule has 0 amide bonds. The summed E-state index contributed by atoms with van der Waals surface area (Å²) in [5, 5.41) is 57.0. The number of hydrogen-bond acceptors (Lipinski definition) is 9. The zero-order valence-corrected chi connectivity index (χ0v) is 13.0. The van der Waals surface area contributed by atoms with Gasteiger partial charge in [0.25, 0.3) is 0 Å². The van der Waals surface area contributed by atoms with Crippen LogP contribution in [-0.2, 0) is 8.92 Å². The van der Waals surface area contributed by atoms with Gasteiger partial charge in [0, 0.05) is 24.6 Å². The quantitative estimate of drug-likeness (QED) is 0.210. The SMILES string of the molecule is [B]C(C(C)O)C(O)C(CO)OSC1OC(CO)C(O)CC1O. The van der Waals surface area contributed by atoms with Crippen LogP contribution in [0.15, 0.2) is 0 Å². The van der Waals surface area contributed by atoms with Gasteiger partial charge in [-0.05, 0) is 12.7 Å². The smallest absolute Gasteiger partial charge is 0.155 e. The van der Waals surface area contributed by atoms with E-state index in [0.717, 1.165) is 0 Å². The Labute approximate surface area is 134 Å². The molecule has 1 fully saturated rings. The number of rotatable bonds is 8. The third-order valence-electron chi connectivity index (χ3n) is 3.50. The van der Waals surface area contributed by atoms with Crippen molar-refractivity contribution in [1.82, 2.24) is 0 Å². The average Bonchev–Trinajstić information content (AvgIpc) is 2.48. The van der Waals surface area contributed by atoms with Crippen LogP contribution in [0.1, 0.15) is 13.3 Å². The maximum absolute atomic E-state index is 9.92. The molecule has 0 aromatic rings. The van der Waals surface area contributed by atoms with Gasteiger partial charge >= 0.3 is 0 Å². The molecule has 22 heavy (non-hydrogen) atoms. The van der Waals surface area contributed by atoms with Gasteiger partial charge in [-0.15, -0.1) is 0 Å². The molecule has 1 aliphatic heterocycles. The summed E-state index contributed by atoms with van der Waals surface area (Å²) in [6.45, 7) is 0.435. The fourth-order valence-electron chi connectivity index (χ4n) is 1.97. The summed E-state index contributed by atoms with van der Waals surface area (Å²) >= 11 is 0.665. The van der Waals surface area contributed by atoms with Crippen molar-refractivity contribution in [3.05, 3.63) is 0 Å². The summed E-state index contributed by atoms with van der Waals surface area (Å²) in [5.41, 5.74) is -0.899. The Balaban J connectivity index is 2.55. The van der Waals surface area contributed by atoms with Crippen molar-refractivity contribution in [3.63, 3.8) is 0 Å². The Hall–Kier alpha value is 0.0949. The van der Waals surface area contributed by atoms with Gasteiger partial charge < -0.3 is 39.6 Å². The van der Waals surface area contributed by atoms with Gasteiger partial charge in [0.1, 0.15) is 12.2 Å². The molecule has 1 saturated heterocycles. The van der Waals surface area contributed by atoms with Gasteiger partial charge in [0.05, 0.1) is 39.4 Å². The molecule has 1 rings (SSSR count). The highest BCUT2D eigenvalue weighted by Gasteiger charge is 2.38. The molecule has 0 aromatic heterocycles. The van der Waals surface area contributed by atoms with E-state index in [2.05, 4.69) is 0 Å². The lowest BCUT2D eigenvalue weighted by molar-refractivity contribution is -0.152. The second-order valence-corrected chi connectivity index (χ2v) is 6.17. The summed E-state index contributed by atoms with van der Waals surface area (Å²) in [7, 11) is 5.59. The first kappa shape index (κ1) is 20.1. The molecule has 8 atom stereocenters. The molecule has 1 heterocycles. The van der Waals surface area contributed by atoms with Crippen molar-refractivity contribution in [2.75, 3.05) is 13.2 Å². The van der Waals surface area contributed by atoms with Crippen molar-refractivity contribution in [3.8, 4) is 0 Å². The maximum Gasteiger partial charge on any atom is 0.155 e. The second-order valence-electron chi connectivity index (χ2n) is 5.32. The third-order valence-corrected chi connectivity index (χ3v) is 4.47. The van der Waals surface area contributed by atoms with Crippen LogP contribution in [0.4, 0.5) is 0 Å². The predicted octanol–water partition coefficient (Wildman–Crippen LogP) is -2.46. The lowest BCUT2D eigenvalue weighted by atomic mass is 9.77. The van der Waals surface area contributed by atoms with Crippen LogP contribution in [0, 0.1) is 0 Å². The van der Waals surface area contributed by atoms with Gasteiger partial charge in [-0.25, -0.2) is 0 Å². The molecule has 8 nitrogen and oxygen atoms in total. The third kappa shape index (κ3) is 5.32. The molecule has 128 valence electrons. The minimum absolute atomic E-state index is 0.00574. The van der Waals surface area contributed by atoms with Crippen LogP contribution in [0.25, 0.3) is 0 Å². The van der Waals surface area contributed by atoms with Crippen LogP contribution in [-0.4, -0.2) is 93.8 Å². The minimum atomic E-state index is -1.32. The molecule has 0 aliphatic carbocycles. The highest BCUT2D eigenvalue weighted by Crippen LogP contribution is 2.30. The topological polar surface area (TPSA) is 140 Å². The molecule has 1 aliphatic rings. The largest absolute Gasteiger partial charge is 0.394 e. The number of hydrogen-bond donors (Lipinski definition) is 6. The van der Waals surface area contributed by atoms with Crippen LogP contribution in [0.2, 0.25) is 5.82 Å². The van der Waals surface area contributed by atoms with E-state index >= 15 is 0 Å². The van der Waals surface area contributed by atoms with Crippen LogP contribution in [0.3, 0.4) is 0 Å².